The summed E-state index contributed by atoms with van der Waals surface area (Å²) in [6, 6.07) is 7.65. The fraction of sp³-hybridized carbons (Fsp3) is 0.278. The zero-order chi connectivity index (χ0) is 20.0. The summed E-state index contributed by atoms with van der Waals surface area (Å²) in [5.74, 6) is -0.123. The molecule has 0 aliphatic carbocycles. The van der Waals surface area contributed by atoms with E-state index in [1.807, 2.05) is 6.92 Å². The molecule has 0 saturated heterocycles. The van der Waals surface area contributed by atoms with Crippen molar-refractivity contribution in [2.24, 2.45) is 0 Å². The average Bonchev–Trinajstić information content (AvgIpc) is 2.64. The number of carbonyl (C=O) groups excluding carboxylic acids is 1. The van der Waals surface area contributed by atoms with Gasteiger partial charge < -0.3 is 19.3 Å². The number of benzene rings is 2. The summed E-state index contributed by atoms with van der Waals surface area (Å²) in [6.45, 7) is 0.701. The van der Waals surface area contributed by atoms with E-state index < -0.39 is 24.1 Å². The van der Waals surface area contributed by atoms with E-state index in [1.165, 1.54) is 19.2 Å². The topological polar surface area (TPSA) is 108 Å². The molecule has 0 heterocycles. The fourth-order valence-electron chi connectivity index (χ4n) is 2.31. The van der Waals surface area contributed by atoms with Crippen molar-refractivity contribution in [3.63, 3.8) is 0 Å². The van der Waals surface area contributed by atoms with Gasteiger partial charge in [-0.3, -0.25) is 10.1 Å². The molecule has 2 aromatic rings. The minimum atomic E-state index is -0.717. The predicted octanol–water partition coefficient (Wildman–Crippen LogP) is 3.18. The summed E-state index contributed by atoms with van der Waals surface area (Å²) in [6.07, 6.45) is 0. The van der Waals surface area contributed by atoms with E-state index >= 15 is 0 Å². The van der Waals surface area contributed by atoms with Crippen molar-refractivity contribution >= 4 is 23.3 Å². The Morgan fingerprint density at radius 2 is 1.96 bits per heavy atom. The molecule has 8 nitrogen and oxygen atoms in total. The Hall–Kier alpha value is -2.84. The summed E-state index contributed by atoms with van der Waals surface area (Å²) in [7, 11) is 1.37. The lowest BCUT2D eigenvalue weighted by Gasteiger charge is -2.11. The molecule has 0 spiro atoms. The molecule has 0 radical (unpaired) electrons. The first-order valence-electron chi connectivity index (χ1n) is 7.85. The third-order valence-corrected chi connectivity index (χ3v) is 3.97. The van der Waals surface area contributed by atoms with Gasteiger partial charge in [-0.15, -0.1) is 0 Å². The van der Waals surface area contributed by atoms with Crippen LogP contribution in [0.3, 0.4) is 0 Å². The van der Waals surface area contributed by atoms with Crippen molar-refractivity contribution < 1.29 is 29.0 Å². The molecular formula is C18H18ClNO7. The van der Waals surface area contributed by atoms with Crippen molar-refractivity contribution in [1.82, 2.24) is 0 Å². The van der Waals surface area contributed by atoms with Crippen molar-refractivity contribution in [1.29, 1.82) is 0 Å². The number of carbonyl (C=O) groups is 1. The summed E-state index contributed by atoms with van der Waals surface area (Å²) in [5.41, 5.74) is 1.06. The molecule has 2 aromatic carbocycles. The van der Waals surface area contributed by atoms with Gasteiger partial charge in [0.1, 0.15) is 18.1 Å². The van der Waals surface area contributed by atoms with Gasteiger partial charge in [0.15, 0.2) is 6.61 Å². The average molecular weight is 396 g/mol. The van der Waals surface area contributed by atoms with Crippen LogP contribution in [-0.2, 0) is 22.7 Å². The van der Waals surface area contributed by atoms with E-state index in [-0.39, 0.29) is 29.2 Å². The van der Waals surface area contributed by atoms with Gasteiger partial charge in [-0.2, -0.15) is 0 Å². The number of nitrogens with zero attached hydrogens (tertiary/aromatic N) is 1. The molecule has 0 fully saturated rings. The number of hydrogen-bond acceptors (Lipinski definition) is 7. The van der Waals surface area contributed by atoms with E-state index in [9.17, 15) is 20.0 Å². The van der Waals surface area contributed by atoms with Crippen LogP contribution >= 0.6 is 11.6 Å². The first kappa shape index (κ1) is 20.5. The number of ether oxygens (including phenoxy) is 3. The van der Waals surface area contributed by atoms with Crippen LogP contribution in [0.5, 0.6) is 11.5 Å². The Morgan fingerprint density at radius 3 is 2.56 bits per heavy atom. The van der Waals surface area contributed by atoms with E-state index in [4.69, 9.17) is 25.8 Å². The van der Waals surface area contributed by atoms with Crippen molar-refractivity contribution in [2.75, 3.05) is 13.7 Å². The Bertz CT molecular complexity index is 854. The number of aliphatic hydroxyl groups is 1. The molecule has 0 bridgehead atoms. The van der Waals surface area contributed by atoms with E-state index in [0.717, 1.165) is 5.56 Å². The van der Waals surface area contributed by atoms with Crippen molar-refractivity contribution in [3.8, 4) is 11.5 Å². The normalized spacial score (nSPS) is 10.4. The molecule has 0 aliphatic rings. The standard InChI is InChI=1S/C18H18ClNO7/c1-11-3-4-16(14(19)5-11)26-10-18(22)27-9-13-7-17(25-2)12(8-21)6-15(13)20(23)24/h3-7,21H,8-10H2,1-2H3. The van der Waals surface area contributed by atoms with Crippen LogP contribution in [0.25, 0.3) is 0 Å². The van der Waals surface area contributed by atoms with Gasteiger partial charge >= 0.3 is 5.97 Å². The highest BCUT2D eigenvalue weighted by molar-refractivity contribution is 6.32. The first-order valence-corrected chi connectivity index (χ1v) is 8.23. The number of rotatable bonds is 8. The zero-order valence-electron chi connectivity index (χ0n) is 14.7. The Labute approximate surface area is 160 Å². The molecule has 27 heavy (non-hydrogen) atoms. The summed E-state index contributed by atoms with van der Waals surface area (Å²) in [5, 5.41) is 20.8. The predicted molar refractivity (Wildman–Crippen MR) is 97.1 cm³/mol. The molecule has 9 heteroatoms. The minimum absolute atomic E-state index is 0.135. The minimum Gasteiger partial charge on any atom is -0.496 e. The Balaban J connectivity index is 2.04. The van der Waals surface area contributed by atoms with Crippen LogP contribution in [0, 0.1) is 17.0 Å². The lowest BCUT2D eigenvalue weighted by Crippen LogP contribution is -2.15. The molecule has 0 atom stereocenters. The maximum absolute atomic E-state index is 11.9. The van der Waals surface area contributed by atoms with Crippen molar-refractivity contribution in [3.05, 3.63) is 62.2 Å². The van der Waals surface area contributed by atoms with Crippen LogP contribution in [0.15, 0.2) is 30.3 Å². The molecule has 0 unspecified atom stereocenters. The fourth-order valence-corrected chi connectivity index (χ4v) is 2.60. The Morgan fingerprint density at radius 1 is 1.22 bits per heavy atom. The second kappa shape index (κ2) is 9.20. The van der Waals surface area contributed by atoms with Gasteiger partial charge in [-0.05, 0) is 30.7 Å². The summed E-state index contributed by atoms with van der Waals surface area (Å²) in [4.78, 5) is 22.5. The smallest absolute Gasteiger partial charge is 0.344 e. The largest absolute Gasteiger partial charge is 0.496 e. The van der Waals surface area contributed by atoms with Crippen LogP contribution in [-0.4, -0.2) is 29.7 Å². The molecule has 0 amide bonds. The highest BCUT2D eigenvalue weighted by Crippen LogP contribution is 2.29. The van der Waals surface area contributed by atoms with E-state index in [0.29, 0.717) is 10.8 Å². The summed E-state index contributed by atoms with van der Waals surface area (Å²) >= 11 is 6.02. The first-order chi connectivity index (χ1) is 12.8. The SMILES string of the molecule is COc1cc(COC(=O)COc2ccc(C)cc2Cl)c([N+](=O)[O-])cc1CO. The molecule has 0 aliphatic heterocycles. The van der Waals surface area contributed by atoms with Crippen molar-refractivity contribution in [2.45, 2.75) is 20.1 Å². The van der Waals surface area contributed by atoms with Crippen LogP contribution in [0.4, 0.5) is 5.69 Å². The van der Waals surface area contributed by atoms with Crippen LogP contribution < -0.4 is 9.47 Å². The number of aryl methyl sites for hydroxylation is 1. The molecule has 144 valence electrons. The molecule has 0 saturated carbocycles. The Kier molecular flexibility index (Phi) is 6.98. The molecule has 0 aromatic heterocycles. The second-order valence-electron chi connectivity index (χ2n) is 5.59. The monoisotopic (exact) mass is 395 g/mol. The number of halogens is 1. The highest BCUT2D eigenvalue weighted by Gasteiger charge is 2.20. The highest BCUT2D eigenvalue weighted by atomic mass is 35.5. The third-order valence-electron chi connectivity index (χ3n) is 3.67. The summed E-state index contributed by atoms with van der Waals surface area (Å²) < 4.78 is 15.4. The van der Waals surface area contributed by atoms with E-state index in [2.05, 4.69) is 0 Å². The number of aliphatic hydroxyl groups excluding tert-OH is 1. The lowest BCUT2D eigenvalue weighted by atomic mass is 10.1. The maximum atomic E-state index is 11.9. The number of esters is 1. The third kappa shape index (κ3) is 5.32. The number of hydrogen-bond donors (Lipinski definition) is 1. The van der Waals surface area contributed by atoms with Crippen LogP contribution in [0.2, 0.25) is 5.02 Å². The maximum Gasteiger partial charge on any atom is 0.344 e. The van der Waals surface area contributed by atoms with Gasteiger partial charge in [0, 0.05) is 11.6 Å². The quantitative estimate of drug-likeness (QED) is 0.415. The van der Waals surface area contributed by atoms with Gasteiger partial charge in [0.25, 0.3) is 5.69 Å². The van der Waals surface area contributed by atoms with Crippen LogP contribution in [0.1, 0.15) is 16.7 Å². The number of nitro benzene ring substituents is 1. The lowest BCUT2D eigenvalue weighted by molar-refractivity contribution is -0.386. The second-order valence-corrected chi connectivity index (χ2v) is 6.00. The van der Waals surface area contributed by atoms with E-state index in [1.54, 1.807) is 18.2 Å². The molecule has 2 rings (SSSR count). The number of methoxy groups -OCH3 is 1. The number of nitro groups is 1. The zero-order valence-corrected chi connectivity index (χ0v) is 15.5. The van der Waals surface area contributed by atoms with Gasteiger partial charge in [-0.1, -0.05) is 17.7 Å². The van der Waals surface area contributed by atoms with Gasteiger partial charge in [0.05, 0.1) is 29.2 Å². The van der Waals surface area contributed by atoms with Gasteiger partial charge in [-0.25, -0.2) is 4.79 Å². The van der Waals surface area contributed by atoms with Gasteiger partial charge in [0.2, 0.25) is 0 Å². The molecule has 1 N–H and O–H groups in total. The molecular weight excluding hydrogens is 378 g/mol.